The molecule has 3 nitrogen and oxygen atoms in total. The average Bonchev–Trinajstić information content (AvgIpc) is 1.82. The monoisotopic (exact) mass is 113 g/mol. The smallest absolute Gasteiger partial charge is 0.282 e. The molecule has 0 aromatic rings. The summed E-state index contributed by atoms with van der Waals surface area (Å²) in [5.41, 5.74) is 4.79. The Hall–Kier alpha value is -0.730. The third-order valence-corrected chi connectivity index (χ3v) is 0.920. The molecule has 1 radical (unpaired) electrons. The van der Waals surface area contributed by atoms with Crippen molar-refractivity contribution in [3.05, 3.63) is 6.92 Å². The van der Waals surface area contributed by atoms with Gasteiger partial charge >= 0.3 is 0 Å². The van der Waals surface area contributed by atoms with Gasteiger partial charge in [-0.15, -0.1) is 0 Å². The summed E-state index contributed by atoms with van der Waals surface area (Å²) in [5.74, 6) is 0. The van der Waals surface area contributed by atoms with Gasteiger partial charge in [0.05, 0.1) is 6.54 Å². The van der Waals surface area contributed by atoms with Crippen molar-refractivity contribution in [2.45, 2.75) is 12.5 Å². The van der Waals surface area contributed by atoms with E-state index < -0.39 is 5.60 Å². The molecule has 45 valence electrons. The molecule has 1 rings (SSSR count). The molecule has 1 atom stereocenters. The van der Waals surface area contributed by atoms with Crippen LogP contribution >= 0.6 is 0 Å². The highest BCUT2D eigenvalue weighted by atomic mass is 16.5. The second kappa shape index (κ2) is 1.37. The van der Waals surface area contributed by atoms with Gasteiger partial charge in [0, 0.05) is 0 Å². The van der Waals surface area contributed by atoms with Crippen LogP contribution in [0.5, 0.6) is 0 Å². The molecule has 0 spiro atoms. The van der Waals surface area contributed by atoms with Crippen molar-refractivity contribution in [3.63, 3.8) is 0 Å². The van der Waals surface area contributed by atoms with E-state index in [0.29, 0.717) is 6.54 Å². The molecule has 1 aliphatic heterocycles. The first-order chi connectivity index (χ1) is 3.60. The zero-order valence-corrected chi connectivity index (χ0v) is 4.85. The molecule has 8 heavy (non-hydrogen) atoms. The fraction of sp³-hybridized carbons (Fsp3) is 0.600. The largest absolute Gasteiger partial charge is 0.457 e. The lowest BCUT2D eigenvalue weighted by atomic mass is 10.1. The molecule has 3 heteroatoms. The second-order valence-corrected chi connectivity index (χ2v) is 2.21. The number of aliphatic imine (C=N–C) groups is 1. The summed E-state index contributed by atoms with van der Waals surface area (Å²) in [7, 11) is 0. The van der Waals surface area contributed by atoms with E-state index in [2.05, 4.69) is 11.9 Å². The minimum absolute atomic E-state index is 0.252. The van der Waals surface area contributed by atoms with Gasteiger partial charge in [-0.1, -0.05) is 0 Å². The highest BCUT2D eigenvalue weighted by molar-refractivity contribution is 5.73. The number of rotatable bonds is 0. The van der Waals surface area contributed by atoms with E-state index >= 15 is 0 Å². The van der Waals surface area contributed by atoms with E-state index in [1.807, 2.05) is 6.92 Å². The highest BCUT2D eigenvalue weighted by Crippen LogP contribution is 2.13. The quantitative estimate of drug-likeness (QED) is 0.477. The Balaban J connectivity index is 2.55. The molecule has 0 aliphatic carbocycles. The van der Waals surface area contributed by atoms with Gasteiger partial charge in [-0.25, -0.2) is 4.99 Å². The minimum atomic E-state index is -0.413. The topological polar surface area (TPSA) is 47.6 Å². The van der Waals surface area contributed by atoms with Crippen LogP contribution in [-0.2, 0) is 4.74 Å². The Morgan fingerprint density at radius 3 is 2.75 bits per heavy atom. The predicted molar refractivity (Wildman–Crippen MR) is 31.3 cm³/mol. The summed E-state index contributed by atoms with van der Waals surface area (Å²) in [6, 6.07) is 0.252. The maximum absolute atomic E-state index is 5.20. The van der Waals surface area contributed by atoms with Gasteiger partial charge in [0.2, 0.25) is 0 Å². The molecule has 0 amide bonds. The summed E-state index contributed by atoms with van der Waals surface area (Å²) in [4.78, 5) is 3.80. The Bertz CT molecular complexity index is 128. The molecule has 0 aromatic heterocycles. The Labute approximate surface area is 48.5 Å². The molecule has 0 bridgehead atoms. The van der Waals surface area contributed by atoms with Crippen molar-refractivity contribution < 1.29 is 4.74 Å². The first kappa shape index (κ1) is 5.41. The third-order valence-electron chi connectivity index (χ3n) is 0.920. The lowest BCUT2D eigenvalue weighted by Gasteiger charge is -2.14. The van der Waals surface area contributed by atoms with E-state index in [1.54, 1.807) is 0 Å². The summed E-state index contributed by atoms with van der Waals surface area (Å²) < 4.78 is 4.97. The Kier molecular flexibility index (Phi) is 0.927. The fourth-order valence-corrected chi connectivity index (χ4v) is 0.562. The van der Waals surface area contributed by atoms with Gasteiger partial charge in [-0.05, 0) is 13.8 Å². The minimum Gasteiger partial charge on any atom is -0.457 e. The molecule has 0 fully saturated rings. The van der Waals surface area contributed by atoms with Crippen molar-refractivity contribution in [2.75, 3.05) is 6.54 Å². The molecule has 1 aliphatic rings. The van der Waals surface area contributed by atoms with Crippen molar-refractivity contribution in [1.82, 2.24) is 0 Å². The lowest BCUT2D eigenvalue weighted by molar-refractivity contribution is 0.157. The number of nitrogens with two attached hydrogens (primary N) is 1. The summed E-state index contributed by atoms with van der Waals surface area (Å²) in [6.07, 6.45) is 0. The average molecular weight is 113 g/mol. The van der Waals surface area contributed by atoms with Crippen molar-refractivity contribution in [2.24, 2.45) is 10.7 Å². The maximum atomic E-state index is 5.20. The van der Waals surface area contributed by atoms with Gasteiger partial charge in [-0.2, -0.15) is 0 Å². The van der Waals surface area contributed by atoms with Crippen LogP contribution < -0.4 is 5.73 Å². The van der Waals surface area contributed by atoms with Crippen LogP contribution in [0.15, 0.2) is 4.99 Å². The van der Waals surface area contributed by atoms with E-state index in [4.69, 9.17) is 10.5 Å². The van der Waals surface area contributed by atoms with Crippen LogP contribution in [0.25, 0.3) is 0 Å². The molecule has 0 saturated carbocycles. The molecule has 0 aromatic carbocycles. The van der Waals surface area contributed by atoms with Crippen LogP contribution in [-0.4, -0.2) is 18.2 Å². The molecule has 1 heterocycles. The standard InChI is InChI=1S/C5H9N2O/c1-5(2)3-7-4(6)8-5/h1,3H2,2H3,(H2,6,7). The maximum Gasteiger partial charge on any atom is 0.282 e. The number of hydrogen-bond acceptors (Lipinski definition) is 3. The van der Waals surface area contributed by atoms with E-state index in [-0.39, 0.29) is 6.02 Å². The summed E-state index contributed by atoms with van der Waals surface area (Å²) >= 11 is 0. The van der Waals surface area contributed by atoms with E-state index in [0.717, 1.165) is 0 Å². The molecule has 0 saturated heterocycles. The Morgan fingerprint density at radius 1 is 2.00 bits per heavy atom. The molecule has 2 N–H and O–H groups in total. The van der Waals surface area contributed by atoms with Crippen LogP contribution in [0.3, 0.4) is 0 Å². The van der Waals surface area contributed by atoms with E-state index in [1.165, 1.54) is 0 Å². The van der Waals surface area contributed by atoms with Crippen molar-refractivity contribution in [1.29, 1.82) is 0 Å². The second-order valence-electron chi connectivity index (χ2n) is 2.21. The van der Waals surface area contributed by atoms with Gasteiger partial charge in [0.25, 0.3) is 6.02 Å². The predicted octanol–water partition coefficient (Wildman–Crippen LogP) is -0.0759. The van der Waals surface area contributed by atoms with Gasteiger partial charge in [-0.3, -0.25) is 0 Å². The van der Waals surface area contributed by atoms with Gasteiger partial charge < -0.3 is 10.5 Å². The number of amidine groups is 1. The number of hydrogen-bond donors (Lipinski definition) is 1. The molecule has 1 unspecified atom stereocenters. The first-order valence-electron chi connectivity index (χ1n) is 2.44. The fourth-order valence-electron chi connectivity index (χ4n) is 0.562. The van der Waals surface area contributed by atoms with Crippen LogP contribution in [0.2, 0.25) is 0 Å². The van der Waals surface area contributed by atoms with Gasteiger partial charge in [0.15, 0.2) is 0 Å². The van der Waals surface area contributed by atoms with E-state index in [9.17, 15) is 0 Å². The first-order valence-corrected chi connectivity index (χ1v) is 2.44. The molecular formula is C5H9N2O. The van der Waals surface area contributed by atoms with Gasteiger partial charge in [0.1, 0.15) is 5.60 Å². The van der Waals surface area contributed by atoms with Crippen molar-refractivity contribution in [3.8, 4) is 0 Å². The number of ether oxygens (including phenoxy) is 1. The zero-order valence-electron chi connectivity index (χ0n) is 4.85. The Morgan fingerprint density at radius 2 is 2.62 bits per heavy atom. The summed E-state index contributed by atoms with van der Waals surface area (Å²) in [5, 5.41) is 0. The normalized spacial score (nSPS) is 24.5. The van der Waals surface area contributed by atoms with Crippen LogP contribution in [0, 0.1) is 6.92 Å². The lowest BCUT2D eigenvalue weighted by Crippen LogP contribution is -2.27. The summed E-state index contributed by atoms with van der Waals surface area (Å²) in [6.45, 7) is 6.11. The highest BCUT2D eigenvalue weighted by Gasteiger charge is 2.25. The number of nitrogens with zero attached hydrogens (tertiary/aromatic N) is 1. The van der Waals surface area contributed by atoms with Crippen molar-refractivity contribution >= 4 is 6.02 Å². The SMILES string of the molecule is [CH2]C1(C)CN=C(N)O1. The zero-order chi connectivity index (χ0) is 6.20. The van der Waals surface area contributed by atoms with Crippen LogP contribution in [0.1, 0.15) is 6.92 Å². The molecular weight excluding hydrogens is 104 g/mol. The third kappa shape index (κ3) is 0.911. The van der Waals surface area contributed by atoms with Crippen LogP contribution in [0.4, 0.5) is 0 Å².